The van der Waals surface area contributed by atoms with Crippen molar-refractivity contribution in [1.82, 2.24) is 4.57 Å². The second-order valence-corrected chi connectivity index (χ2v) is 1.99. The van der Waals surface area contributed by atoms with Crippen molar-refractivity contribution in [2.24, 2.45) is 5.73 Å². The van der Waals surface area contributed by atoms with Crippen LogP contribution in [-0.4, -0.2) is 4.57 Å². The molecule has 2 nitrogen and oxygen atoms in total. The van der Waals surface area contributed by atoms with Gasteiger partial charge in [-0.3, -0.25) is 0 Å². The zero-order valence-corrected chi connectivity index (χ0v) is 6.90. The van der Waals surface area contributed by atoms with Gasteiger partial charge < -0.3 is 10.3 Å². The van der Waals surface area contributed by atoms with Crippen molar-refractivity contribution >= 4 is 12.4 Å². The molecule has 3 heteroatoms. The number of nitrogens with two attached hydrogens (primary N) is 1. The average molecular weight is 161 g/mol. The minimum Gasteiger partial charge on any atom is -0.351 e. The van der Waals surface area contributed by atoms with Gasteiger partial charge in [0, 0.05) is 25.0 Å². The van der Waals surface area contributed by atoms with Gasteiger partial charge in [-0.05, 0) is 19.1 Å². The van der Waals surface area contributed by atoms with Crippen LogP contribution in [0.25, 0.3) is 0 Å². The number of nitrogens with zero attached hydrogens (tertiary/aromatic N) is 1. The SMILES string of the molecule is CCn1cccc1CN.Cl. The molecule has 0 fully saturated rings. The number of hydrogen-bond donors (Lipinski definition) is 1. The van der Waals surface area contributed by atoms with Crippen molar-refractivity contribution in [3.05, 3.63) is 24.0 Å². The maximum absolute atomic E-state index is 5.45. The normalized spacial score (nSPS) is 9.00. The molecule has 10 heavy (non-hydrogen) atoms. The molecule has 0 bridgehead atoms. The van der Waals surface area contributed by atoms with E-state index in [4.69, 9.17) is 5.73 Å². The third kappa shape index (κ3) is 1.75. The molecule has 0 aromatic carbocycles. The highest BCUT2D eigenvalue weighted by atomic mass is 35.5. The first-order valence-electron chi connectivity index (χ1n) is 3.22. The van der Waals surface area contributed by atoms with Crippen LogP contribution in [0.3, 0.4) is 0 Å². The first-order valence-corrected chi connectivity index (χ1v) is 3.22. The molecule has 1 heterocycles. The Morgan fingerprint density at radius 3 is 2.70 bits per heavy atom. The molecule has 58 valence electrons. The van der Waals surface area contributed by atoms with Crippen LogP contribution < -0.4 is 5.73 Å². The van der Waals surface area contributed by atoms with Crippen LogP contribution in [0.4, 0.5) is 0 Å². The van der Waals surface area contributed by atoms with Gasteiger partial charge >= 0.3 is 0 Å². The van der Waals surface area contributed by atoms with Crippen molar-refractivity contribution in [1.29, 1.82) is 0 Å². The maximum atomic E-state index is 5.45. The average Bonchev–Trinajstić information content (AvgIpc) is 2.33. The molecule has 0 unspecified atom stereocenters. The molecule has 0 saturated carbocycles. The Bertz CT molecular complexity index is 165. The minimum absolute atomic E-state index is 0. The first kappa shape index (κ1) is 9.53. The predicted molar refractivity (Wildman–Crippen MR) is 45.2 cm³/mol. The fourth-order valence-electron chi connectivity index (χ4n) is 0.943. The summed E-state index contributed by atoms with van der Waals surface area (Å²) < 4.78 is 2.14. The fourth-order valence-corrected chi connectivity index (χ4v) is 0.943. The third-order valence-corrected chi connectivity index (χ3v) is 1.47. The molecular formula is C7H13ClN2. The molecular weight excluding hydrogens is 148 g/mol. The summed E-state index contributed by atoms with van der Waals surface area (Å²) in [4.78, 5) is 0. The summed E-state index contributed by atoms with van der Waals surface area (Å²) >= 11 is 0. The molecule has 0 aliphatic carbocycles. The monoisotopic (exact) mass is 160 g/mol. The van der Waals surface area contributed by atoms with Crippen LogP contribution in [0.15, 0.2) is 18.3 Å². The summed E-state index contributed by atoms with van der Waals surface area (Å²) in [5.41, 5.74) is 6.66. The number of hydrogen-bond acceptors (Lipinski definition) is 1. The van der Waals surface area contributed by atoms with E-state index in [1.54, 1.807) is 0 Å². The Balaban J connectivity index is 0.000000810. The quantitative estimate of drug-likeness (QED) is 0.697. The van der Waals surface area contributed by atoms with Gasteiger partial charge in [-0.2, -0.15) is 0 Å². The van der Waals surface area contributed by atoms with Crippen LogP contribution in [0, 0.1) is 0 Å². The molecule has 2 N–H and O–H groups in total. The molecule has 1 rings (SSSR count). The Morgan fingerprint density at radius 1 is 1.60 bits per heavy atom. The summed E-state index contributed by atoms with van der Waals surface area (Å²) in [7, 11) is 0. The Morgan fingerprint density at radius 2 is 2.30 bits per heavy atom. The summed E-state index contributed by atoms with van der Waals surface area (Å²) in [6.45, 7) is 3.76. The largest absolute Gasteiger partial charge is 0.351 e. The van der Waals surface area contributed by atoms with E-state index in [1.165, 1.54) is 5.69 Å². The Hall–Kier alpha value is -0.470. The zero-order chi connectivity index (χ0) is 6.69. The van der Waals surface area contributed by atoms with Crippen molar-refractivity contribution in [3.8, 4) is 0 Å². The van der Waals surface area contributed by atoms with E-state index in [9.17, 15) is 0 Å². The lowest BCUT2D eigenvalue weighted by molar-refractivity contribution is 0.716. The molecule has 0 atom stereocenters. The summed E-state index contributed by atoms with van der Waals surface area (Å²) in [5, 5.41) is 0. The van der Waals surface area contributed by atoms with Crippen LogP contribution in [0.2, 0.25) is 0 Å². The van der Waals surface area contributed by atoms with Gasteiger partial charge in [0.1, 0.15) is 0 Å². The molecule has 0 saturated heterocycles. The van der Waals surface area contributed by atoms with Crippen LogP contribution in [0.1, 0.15) is 12.6 Å². The lowest BCUT2D eigenvalue weighted by Crippen LogP contribution is -2.04. The maximum Gasteiger partial charge on any atom is 0.0334 e. The zero-order valence-electron chi connectivity index (χ0n) is 6.08. The lowest BCUT2D eigenvalue weighted by Gasteiger charge is -2.01. The Labute approximate surface area is 67.4 Å². The van der Waals surface area contributed by atoms with Gasteiger partial charge in [0.2, 0.25) is 0 Å². The summed E-state index contributed by atoms with van der Waals surface area (Å²) in [5.74, 6) is 0. The molecule has 1 aromatic rings. The lowest BCUT2D eigenvalue weighted by atomic mass is 10.4. The van der Waals surface area contributed by atoms with Gasteiger partial charge in [-0.25, -0.2) is 0 Å². The van der Waals surface area contributed by atoms with E-state index in [0.717, 1.165) is 6.54 Å². The molecule has 0 aliphatic heterocycles. The van der Waals surface area contributed by atoms with E-state index < -0.39 is 0 Å². The highest BCUT2D eigenvalue weighted by Crippen LogP contribution is 1.99. The standard InChI is InChI=1S/C7H12N2.ClH/c1-2-9-5-3-4-7(9)6-8;/h3-5H,2,6,8H2,1H3;1H. The van der Waals surface area contributed by atoms with E-state index >= 15 is 0 Å². The Kier molecular flexibility index (Phi) is 4.16. The molecule has 0 aliphatic rings. The van der Waals surface area contributed by atoms with Crippen molar-refractivity contribution in [3.63, 3.8) is 0 Å². The first-order chi connectivity index (χ1) is 4.38. The summed E-state index contributed by atoms with van der Waals surface area (Å²) in [6, 6.07) is 4.06. The van der Waals surface area contributed by atoms with Gasteiger partial charge in [0.05, 0.1) is 0 Å². The predicted octanol–water partition coefficient (Wildman–Crippen LogP) is 1.39. The third-order valence-electron chi connectivity index (χ3n) is 1.47. The van der Waals surface area contributed by atoms with Gasteiger partial charge in [0.25, 0.3) is 0 Å². The molecule has 0 radical (unpaired) electrons. The van der Waals surface area contributed by atoms with Crippen molar-refractivity contribution in [2.45, 2.75) is 20.0 Å². The van der Waals surface area contributed by atoms with Gasteiger partial charge in [0.15, 0.2) is 0 Å². The van der Waals surface area contributed by atoms with Gasteiger partial charge in [-0.1, -0.05) is 0 Å². The summed E-state index contributed by atoms with van der Waals surface area (Å²) in [6.07, 6.45) is 2.04. The van der Waals surface area contributed by atoms with E-state index in [0.29, 0.717) is 6.54 Å². The highest BCUT2D eigenvalue weighted by Gasteiger charge is 1.92. The second-order valence-electron chi connectivity index (χ2n) is 1.99. The van der Waals surface area contributed by atoms with Crippen molar-refractivity contribution < 1.29 is 0 Å². The smallest absolute Gasteiger partial charge is 0.0334 e. The molecule has 1 aromatic heterocycles. The number of aryl methyl sites for hydroxylation is 1. The topological polar surface area (TPSA) is 30.9 Å². The molecule has 0 amide bonds. The van der Waals surface area contributed by atoms with E-state index in [-0.39, 0.29) is 12.4 Å². The minimum atomic E-state index is 0. The van der Waals surface area contributed by atoms with Gasteiger partial charge in [-0.15, -0.1) is 12.4 Å². The van der Waals surface area contributed by atoms with Crippen LogP contribution in [-0.2, 0) is 13.1 Å². The molecule has 0 spiro atoms. The number of rotatable bonds is 2. The number of halogens is 1. The van der Waals surface area contributed by atoms with Crippen molar-refractivity contribution in [2.75, 3.05) is 0 Å². The highest BCUT2D eigenvalue weighted by molar-refractivity contribution is 5.85. The van der Waals surface area contributed by atoms with Crippen LogP contribution >= 0.6 is 12.4 Å². The van der Waals surface area contributed by atoms with Crippen LogP contribution in [0.5, 0.6) is 0 Å². The number of aromatic nitrogens is 1. The second kappa shape index (κ2) is 4.36. The van der Waals surface area contributed by atoms with E-state index in [1.807, 2.05) is 18.3 Å². The van der Waals surface area contributed by atoms with E-state index in [2.05, 4.69) is 11.5 Å². The fraction of sp³-hybridized carbons (Fsp3) is 0.429.